The number of nitrogens with two attached hydrogens (primary N) is 1. The van der Waals surface area contributed by atoms with E-state index in [0.717, 1.165) is 6.54 Å². The Morgan fingerprint density at radius 1 is 1.38 bits per heavy atom. The molecular formula is C10H10N2S. The lowest BCUT2D eigenvalue weighted by molar-refractivity contribution is 0.552. The zero-order chi connectivity index (χ0) is 9.26. The minimum absolute atomic E-state index is 0.422. The highest BCUT2D eigenvalue weighted by atomic mass is 32.1. The molecule has 0 saturated carbocycles. The second kappa shape index (κ2) is 3.18. The van der Waals surface area contributed by atoms with E-state index >= 15 is 0 Å². The number of thiocarbonyl (C=S) groups is 1. The van der Waals surface area contributed by atoms with Crippen molar-refractivity contribution >= 4 is 23.4 Å². The van der Waals surface area contributed by atoms with Gasteiger partial charge < -0.3 is 10.6 Å². The molecule has 2 nitrogen and oxygen atoms in total. The van der Waals surface area contributed by atoms with Crippen molar-refractivity contribution in [2.45, 2.75) is 6.54 Å². The lowest BCUT2D eigenvalue weighted by atomic mass is 10.1. The van der Waals surface area contributed by atoms with Crippen LogP contribution in [-0.2, 0) is 6.54 Å². The van der Waals surface area contributed by atoms with E-state index in [9.17, 15) is 0 Å². The van der Waals surface area contributed by atoms with E-state index in [1.54, 1.807) is 0 Å². The molecule has 1 heterocycles. The van der Waals surface area contributed by atoms with Gasteiger partial charge >= 0.3 is 0 Å². The van der Waals surface area contributed by atoms with Crippen molar-refractivity contribution in [3.05, 3.63) is 41.6 Å². The SMILES string of the molecule is NC(=S)N1C=Cc2ccccc2C1. The quantitative estimate of drug-likeness (QED) is 0.632. The number of hydrogen-bond acceptors (Lipinski definition) is 1. The summed E-state index contributed by atoms with van der Waals surface area (Å²) in [4.78, 5) is 1.86. The third-order valence-corrected chi connectivity index (χ3v) is 2.35. The van der Waals surface area contributed by atoms with Gasteiger partial charge in [0.25, 0.3) is 0 Å². The Labute approximate surface area is 82.7 Å². The molecule has 0 spiro atoms. The predicted molar refractivity (Wildman–Crippen MR) is 57.8 cm³/mol. The topological polar surface area (TPSA) is 29.3 Å². The molecule has 0 bridgehead atoms. The molecule has 0 aromatic heterocycles. The number of fused-ring (bicyclic) bond motifs is 1. The van der Waals surface area contributed by atoms with Crippen LogP contribution in [0.15, 0.2) is 30.5 Å². The summed E-state index contributed by atoms with van der Waals surface area (Å²) in [6.07, 6.45) is 3.95. The Morgan fingerprint density at radius 3 is 2.92 bits per heavy atom. The molecule has 0 atom stereocenters. The van der Waals surface area contributed by atoms with Crippen LogP contribution in [0, 0.1) is 0 Å². The van der Waals surface area contributed by atoms with E-state index in [-0.39, 0.29) is 0 Å². The summed E-state index contributed by atoms with van der Waals surface area (Å²) in [7, 11) is 0. The maximum atomic E-state index is 5.53. The highest BCUT2D eigenvalue weighted by molar-refractivity contribution is 7.80. The molecule has 0 fully saturated rings. The van der Waals surface area contributed by atoms with Crippen LogP contribution in [0.5, 0.6) is 0 Å². The van der Waals surface area contributed by atoms with Crippen molar-refractivity contribution in [1.29, 1.82) is 0 Å². The first-order chi connectivity index (χ1) is 6.27. The van der Waals surface area contributed by atoms with Crippen molar-refractivity contribution in [3.63, 3.8) is 0 Å². The third kappa shape index (κ3) is 1.55. The zero-order valence-electron chi connectivity index (χ0n) is 7.10. The Hall–Kier alpha value is -1.35. The van der Waals surface area contributed by atoms with E-state index < -0.39 is 0 Å². The number of hydrogen-bond donors (Lipinski definition) is 1. The Balaban J connectivity index is 2.34. The van der Waals surface area contributed by atoms with Crippen molar-refractivity contribution < 1.29 is 0 Å². The molecule has 0 unspecified atom stereocenters. The van der Waals surface area contributed by atoms with Gasteiger partial charge in [-0.2, -0.15) is 0 Å². The second-order valence-corrected chi connectivity index (χ2v) is 3.40. The molecule has 2 rings (SSSR count). The zero-order valence-corrected chi connectivity index (χ0v) is 7.92. The van der Waals surface area contributed by atoms with Gasteiger partial charge in [-0.25, -0.2) is 0 Å². The van der Waals surface area contributed by atoms with Crippen molar-refractivity contribution in [2.24, 2.45) is 5.73 Å². The fourth-order valence-electron chi connectivity index (χ4n) is 1.40. The van der Waals surface area contributed by atoms with Gasteiger partial charge in [0.05, 0.1) is 6.54 Å². The minimum atomic E-state index is 0.422. The summed E-state index contributed by atoms with van der Waals surface area (Å²) < 4.78 is 0. The van der Waals surface area contributed by atoms with Crippen LogP contribution in [0.3, 0.4) is 0 Å². The fraction of sp³-hybridized carbons (Fsp3) is 0.100. The van der Waals surface area contributed by atoms with Crippen LogP contribution in [0.2, 0.25) is 0 Å². The van der Waals surface area contributed by atoms with Crippen molar-refractivity contribution in [1.82, 2.24) is 4.90 Å². The summed E-state index contributed by atoms with van der Waals surface area (Å²) in [6, 6.07) is 8.22. The molecule has 0 radical (unpaired) electrons. The van der Waals surface area contributed by atoms with Gasteiger partial charge in [0.2, 0.25) is 0 Å². The number of benzene rings is 1. The van der Waals surface area contributed by atoms with Gasteiger partial charge in [-0.3, -0.25) is 0 Å². The van der Waals surface area contributed by atoms with Gasteiger partial charge in [-0.1, -0.05) is 24.3 Å². The highest BCUT2D eigenvalue weighted by Gasteiger charge is 2.10. The molecule has 3 heteroatoms. The molecule has 0 saturated heterocycles. The monoisotopic (exact) mass is 190 g/mol. The van der Waals surface area contributed by atoms with Crippen molar-refractivity contribution in [3.8, 4) is 0 Å². The van der Waals surface area contributed by atoms with E-state index in [1.807, 2.05) is 29.3 Å². The average molecular weight is 190 g/mol. The predicted octanol–water partition coefficient (Wildman–Crippen LogP) is 1.72. The fourth-order valence-corrected chi connectivity index (χ4v) is 1.52. The summed E-state index contributed by atoms with van der Waals surface area (Å²) >= 11 is 4.90. The van der Waals surface area contributed by atoms with Gasteiger partial charge in [-0.05, 0) is 29.4 Å². The largest absolute Gasteiger partial charge is 0.376 e. The molecule has 13 heavy (non-hydrogen) atoms. The lowest BCUT2D eigenvalue weighted by Crippen LogP contribution is -2.31. The minimum Gasteiger partial charge on any atom is -0.376 e. The van der Waals surface area contributed by atoms with Gasteiger partial charge in [-0.15, -0.1) is 0 Å². The summed E-state index contributed by atoms with van der Waals surface area (Å²) in [5.41, 5.74) is 8.04. The normalized spacial score (nSPS) is 14.0. The molecule has 0 aliphatic carbocycles. The second-order valence-electron chi connectivity index (χ2n) is 2.98. The molecule has 1 aliphatic heterocycles. The molecule has 0 amide bonds. The lowest BCUT2D eigenvalue weighted by Gasteiger charge is -2.23. The molecular weight excluding hydrogens is 180 g/mol. The van der Waals surface area contributed by atoms with Crippen LogP contribution < -0.4 is 5.73 Å². The van der Waals surface area contributed by atoms with Crippen LogP contribution in [-0.4, -0.2) is 10.0 Å². The van der Waals surface area contributed by atoms with E-state index in [0.29, 0.717) is 5.11 Å². The van der Waals surface area contributed by atoms with Crippen LogP contribution in [0.4, 0.5) is 0 Å². The molecule has 1 aromatic rings. The van der Waals surface area contributed by atoms with Crippen LogP contribution >= 0.6 is 12.2 Å². The first-order valence-corrected chi connectivity index (χ1v) is 4.50. The molecule has 66 valence electrons. The number of nitrogens with zero attached hydrogens (tertiary/aromatic N) is 1. The third-order valence-electron chi connectivity index (χ3n) is 2.11. The number of rotatable bonds is 0. The molecule has 1 aliphatic rings. The Kier molecular flexibility index (Phi) is 2.02. The standard InChI is InChI=1S/C10H10N2S/c11-10(13)12-6-5-8-3-1-2-4-9(8)7-12/h1-6H,7H2,(H2,11,13). The maximum Gasteiger partial charge on any atom is 0.170 e. The van der Waals surface area contributed by atoms with Crippen LogP contribution in [0.25, 0.3) is 6.08 Å². The van der Waals surface area contributed by atoms with Crippen molar-refractivity contribution in [2.75, 3.05) is 0 Å². The van der Waals surface area contributed by atoms with Gasteiger partial charge in [0, 0.05) is 6.20 Å². The average Bonchev–Trinajstić information content (AvgIpc) is 2.17. The molecule has 2 N–H and O–H groups in total. The van der Waals surface area contributed by atoms with E-state index in [2.05, 4.69) is 12.1 Å². The smallest absolute Gasteiger partial charge is 0.170 e. The van der Waals surface area contributed by atoms with E-state index in [4.69, 9.17) is 18.0 Å². The summed E-state index contributed by atoms with van der Waals surface area (Å²) in [5.74, 6) is 0. The Morgan fingerprint density at radius 2 is 2.15 bits per heavy atom. The van der Waals surface area contributed by atoms with E-state index in [1.165, 1.54) is 11.1 Å². The Bertz CT molecular complexity index is 371. The first kappa shape index (κ1) is 8.26. The van der Waals surface area contributed by atoms with Gasteiger partial charge in [0.15, 0.2) is 5.11 Å². The van der Waals surface area contributed by atoms with Gasteiger partial charge in [0.1, 0.15) is 0 Å². The summed E-state index contributed by atoms with van der Waals surface area (Å²) in [5, 5.41) is 0.422. The molecule has 1 aromatic carbocycles. The highest BCUT2D eigenvalue weighted by Crippen LogP contribution is 2.18. The first-order valence-electron chi connectivity index (χ1n) is 4.09. The maximum absolute atomic E-state index is 5.53. The summed E-state index contributed by atoms with van der Waals surface area (Å²) in [6.45, 7) is 0.780. The van der Waals surface area contributed by atoms with Crippen LogP contribution in [0.1, 0.15) is 11.1 Å².